The van der Waals surface area contributed by atoms with Crippen LogP contribution in [0.1, 0.15) is 38.0 Å². The summed E-state index contributed by atoms with van der Waals surface area (Å²) < 4.78 is 0. The van der Waals surface area contributed by atoms with Crippen molar-refractivity contribution in [3.63, 3.8) is 0 Å². The Hall–Kier alpha value is -1.38. The van der Waals surface area contributed by atoms with Crippen molar-refractivity contribution < 1.29 is 5.11 Å². The topological polar surface area (TPSA) is 23.5 Å². The Bertz CT molecular complexity index is 418. The summed E-state index contributed by atoms with van der Waals surface area (Å²) in [5.41, 5.74) is 2.37. The first-order chi connectivity index (χ1) is 9.38. The molecule has 1 N–H and O–H groups in total. The lowest BCUT2D eigenvalue weighted by atomic mass is 9.86. The van der Waals surface area contributed by atoms with Crippen LogP contribution < -0.4 is 0 Å². The Morgan fingerprint density at radius 3 is 2.00 bits per heavy atom. The van der Waals surface area contributed by atoms with Gasteiger partial charge in [0.25, 0.3) is 0 Å². The molecule has 0 saturated heterocycles. The quantitative estimate of drug-likeness (QED) is 0.766. The third kappa shape index (κ3) is 4.95. The molecule has 0 aliphatic heterocycles. The minimum atomic E-state index is -0.482. The molecule has 0 aliphatic carbocycles. The second kappa shape index (κ2) is 7.41. The zero-order valence-electron chi connectivity index (χ0n) is 13.0. The summed E-state index contributed by atoms with van der Waals surface area (Å²) in [6.07, 6.45) is 3.21. The molecule has 0 aliphatic rings. The van der Waals surface area contributed by atoms with Gasteiger partial charge in [-0.1, -0.05) is 57.2 Å². The van der Waals surface area contributed by atoms with Crippen LogP contribution in [0.25, 0.3) is 0 Å². The first kappa shape index (κ1) is 16.7. The van der Waals surface area contributed by atoms with Gasteiger partial charge in [-0.15, -0.1) is 13.2 Å². The molecule has 0 fully saturated rings. The van der Waals surface area contributed by atoms with Crippen molar-refractivity contribution in [2.24, 2.45) is 0 Å². The molecule has 1 rings (SSSR count). The molecule has 1 unspecified atom stereocenters. The summed E-state index contributed by atoms with van der Waals surface area (Å²) >= 11 is 0. The lowest BCUT2D eigenvalue weighted by Crippen LogP contribution is -2.29. The maximum Gasteiger partial charge on any atom is 0.0917 e. The Kier molecular flexibility index (Phi) is 6.18. The van der Waals surface area contributed by atoms with Gasteiger partial charge >= 0.3 is 0 Å². The minimum absolute atomic E-state index is 0.140. The molecule has 0 spiro atoms. The van der Waals surface area contributed by atoms with Crippen LogP contribution in [0.4, 0.5) is 0 Å². The van der Waals surface area contributed by atoms with Gasteiger partial charge in [0, 0.05) is 19.6 Å². The van der Waals surface area contributed by atoms with Crippen LogP contribution in [0.2, 0.25) is 0 Å². The van der Waals surface area contributed by atoms with E-state index in [0.29, 0.717) is 6.54 Å². The zero-order valence-corrected chi connectivity index (χ0v) is 13.0. The van der Waals surface area contributed by atoms with Gasteiger partial charge in [0.15, 0.2) is 0 Å². The molecule has 0 heterocycles. The second-order valence-electron chi connectivity index (χ2n) is 6.18. The average molecular weight is 273 g/mol. The van der Waals surface area contributed by atoms with Gasteiger partial charge in [-0.05, 0) is 16.5 Å². The molecule has 2 heteroatoms. The second-order valence-corrected chi connectivity index (χ2v) is 6.18. The van der Waals surface area contributed by atoms with Gasteiger partial charge < -0.3 is 5.11 Å². The van der Waals surface area contributed by atoms with Gasteiger partial charge in [-0.25, -0.2) is 0 Å². The molecule has 20 heavy (non-hydrogen) atoms. The first-order valence-electron chi connectivity index (χ1n) is 7.11. The Morgan fingerprint density at radius 1 is 1.10 bits per heavy atom. The molecule has 1 aromatic rings. The van der Waals surface area contributed by atoms with E-state index >= 15 is 0 Å². The smallest absolute Gasteiger partial charge is 0.0917 e. The molecule has 0 radical (unpaired) electrons. The zero-order chi connectivity index (χ0) is 15.2. The lowest BCUT2D eigenvalue weighted by molar-refractivity contribution is 0.125. The Morgan fingerprint density at radius 2 is 1.60 bits per heavy atom. The highest BCUT2D eigenvalue weighted by atomic mass is 16.3. The van der Waals surface area contributed by atoms with Crippen molar-refractivity contribution in [2.75, 3.05) is 19.6 Å². The number of hydrogen-bond acceptors (Lipinski definition) is 2. The predicted octanol–water partition coefficient (Wildman–Crippen LogP) is 3.69. The molecule has 1 aromatic carbocycles. The van der Waals surface area contributed by atoms with Crippen molar-refractivity contribution in [3.05, 3.63) is 60.7 Å². The van der Waals surface area contributed by atoms with Gasteiger partial charge in [-0.2, -0.15) is 0 Å². The Labute approximate surface area is 123 Å². The highest BCUT2D eigenvalue weighted by Gasteiger charge is 2.15. The van der Waals surface area contributed by atoms with E-state index in [1.165, 1.54) is 5.56 Å². The highest BCUT2D eigenvalue weighted by molar-refractivity contribution is 5.28. The van der Waals surface area contributed by atoms with Gasteiger partial charge in [0.2, 0.25) is 0 Å². The summed E-state index contributed by atoms with van der Waals surface area (Å²) in [5, 5.41) is 10.3. The third-order valence-electron chi connectivity index (χ3n) is 3.37. The molecule has 2 nitrogen and oxygen atoms in total. The van der Waals surface area contributed by atoms with Crippen LogP contribution in [0.15, 0.2) is 49.6 Å². The largest absolute Gasteiger partial charge is 0.387 e. The summed E-state index contributed by atoms with van der Waals surface area (Å²) in [4.78, 5) is 2.11. The van der Waals surface area contributed by atoms with Gasteiger partial charge in [0.1, 0.15) is 0 Å². The SMILES string of the molecule is C=CCN(CC=C)CC(O)c1ccc(C(C)(C)C)cc1. The fraction of sp³-hybridized carbons (Fsp3) is 0.444. The summed E-state index contributed by atoms with van der Waals surface area (Å²) in [6.45, 7) is 16.2. The van der Waals surface area contributed by atoms with E-state index in [4.69, 9.17) is 0 Å². The van der Waals surface area contributed by atoms with E-state index in [1.807, 2.05) is 24.3 Å². The van der Waals surface area contributed by atoms with Crippen LogP contribution in [0.5, 0.6) is 0 Å². The fourth-order valence-electron chi connectivity index (χ4n) is 2.14. The highest BCUT2D eigenvalue weighted by Crippen LogP contribution is 2.24. The van der Waals surface area contributed by atoms with Crippen molar-refractivity contribution in [1.29, 1.82) is 0 Å². The third-order valence-corrected chi connectivity index (χ3v) is 3.37. The minimum Gasteiger partial charge on any atom is -0.387 e. The number of aliphatic hydroxyl groups is 1. The van der Waals surface area contributed by atoms with E-state index in [9.17, 15) is 5.11 Å². The standard InChI is InChI=1S/C18H27NO/c1-6-12-19(13-7-2)14-17(20)15-8-10-16(11-9-15)18(3,4)5/h6-11,17,20H,1-2,12-14H2,3-5H3. The molecule has 0 saturated carbocycles. The normalized spacial score (nSPS) is 13.2. The van der Waals surface area contributed by atoms with Crippen molar-refractivity contribution in [1.82, 2.24) is 4.90 Å². The van der Waals surface area contributed by atoms with Crippen LogP contribution in [-0.4, -0.2) is 29.6 Å². The number of benzene rings is 1. The molecular formula is C18H27NO. The van der Waals surface area contributed by atoms with Crippen molar-refractivity contribution in [2.45, 2.75) is 32.3 Å². The first-order valence-corrected chi connectivity index (χ1v) is 7.11. The van der Waals surface area contributed by atoms with Crippen molar-refractivity contribution in [3.8, 4) is 0 Å². The van der Waals surface area contributed by atoms with Gasteiger partial charge in [0.05, 0.1) is 6.10 Å². The van der Waals surface area contributed by atoms with E-state index < -0.39 is 6.10 Å². The molecule has 0 bridgehead atoms. The number of hydrogen-bond donors (Lipinski definition) is 1. The number of nitrogens with zero attached hydrogens (tertiary/aromatic N) is 1. The van der Waals surface area contributed by atoms with E-state index in [0.717, 1.165) is 18.7 Å². The molecule has 0 aromatic heterocycles. The van der Waals surface area contributed by atoms with E-state index in [2.05, 4.69) is 51.0 Å². The number of rotatable bonds is 7. The van der Waals surface area contributed by atoms with E-state index in [1.54, 1.807) is 0 Å². The molecule has 0 amide bonds. The van der Waals surface area contributed by atoms with Crippen LogP contribution in [0.3, 0.4) is 0 Å². The summed E-state index contributed by atoms with van der Waals surface area (Å²) in [6, 6.07) is 8.24. The Balaban J connectivity index is 2.73. The van der Waals surface area contributed by atoms with Crippen molar-refractivity contribution >= 4 is 0 Å². The lowest BCUT2D eigenvalue weighted by Gasteiger charge is -2.24. The number of aliphatic hydroxyl groups excluding tert-OH is 1. The molecular weight excluding hydrogens is 246 g/mol. The summed E-state index contributed by atoms with van der Waals surface area (Å²) in [7, 11) is 0. The van der Waals surface area contributed by atoms with Gasteiger partial charge in [-0.3, -0.25) is 4.90 Å². The maximum atomic E-state index is 10.3. The molecule has 1 atom stereocenters. The molecule has 110 valence electrons. The van der Waals surface area contributed by atoms with Crippen LogP contribution >= 0.6 is 0 Å². The maximum absolute atomic E-state index is 10.3. The van der Waals surface area contributed by atoms with Crippen LogP contribution in [-0.2, 0) is 5.41 Å². The van der Waals surface area contributed by atoms with Crippen LogP contribution in [0, 0.1) is 0 Å². The van der Waals surface area contributed by atoms with E-state index in [-0.39, 0.29) is 5.41 Å². The predicted molar refractivity (Wildman–Crippen MR) is 86.9 cm³/mol. The monoisotopic (exact) mass is 273 g/mol. The average Bonchev–Trinajstić information content (AvgIpc) is 2.38. The fourth-order valence-corrected chi connectivity index (χ4v) is 2.14. The summed E-state index contributed by atoms with van der Waals surface area (Å²) in [5.74, 6) is 0.